The van der Waals surface area contributed by atoms with E-state index >= 15 is 0 Å². The van der Waals surface area contributed by atoms with E-state index in [9.17, 15) is 5.11 Å². The van der Waals surface area contributed by atoms with Gasteiger partial charge in [0.25, 0.3) is 0 Å². The van der Waals surface area contributed by atoms with E-state index in [-0.39, 0.29) is 6.61 Å². The Balaban J connectivity index is 2.14. The van der Waals surface area contributed by atoms with Crippen LogP contribution in [0.1, 0.15) is 25.5 Å². The Morgan fingerprint density at radius 3 is 2.36 bits per heavy atom. The van der Waals surface area contributed by atoms with Gasteiger partial charge in [-0.1, -0.05) is 30.3 Å². The van der Waals surface area contributed by atoms with E-state index in [1.165, 1.54) is 5.56 Å². The number of aliphatic hydroxyl groups excluding tert-OH is 1. The van der Waals surface area contributed by atoms with Crippen LogP contribution < -0.4 is 0 Å². The molecule has 0 aliphatic carbocycles. The van der Waals surface area contributed by atoms with Crippen LogP contribution in [0.3, 0.4) is 0 Å². The first-order valence-corrected chi connectivity index (χ1v) is 5.19. The second-order valence-corrected chi connectivity index (χ2v) is 4.15. The molecule has 1 aliphatic rings. The highest BCUT2D eigenvalue weighted by Crippen LogP contribution is 2.44. The fourth-order valence-corrected chi connectivity index (χ4v) is 2.24. The van der Waals surface area contributed by atoms with Crippen molar-refractivity contribution in [2.24, 2.45) is 0 Å². The SMILES string of the molecule is CC(C)N1[C@H](CO)[C@H]1c1ccccc1. The van der Waals surface area contributed by atoms with Crippen molar-refractivity contribution >= 4 is 0 Å². The predicted molar refractivity (Wildman–Crippen MR) is 57.0 cm³/mol. The molecule has 1 N–H and O–H groups in total. The normalized spacial score (nSPS) is 30.7. The third-order valence-corrected chi connectivity index (χ3v) is 2.90. The lowest BCUT2D eigenvalue weighted by atomic mass is 10.1. The molecule has 0 spiro atoms. The highest BCUT2D eigenvalue weighted by molar-refractivity contribution is 5.27. The fourth-order valence-electron chi connectivity index (χ4n) is 2.24. The van der Waals surface area contributed by atoms with Gasteiger partial charge in [0.2, 0.25) is 0 Å². The second-order valence-electron chi connectivity index (χ2n) is 4.15. The molecular weight excluding hydrogens is 174 g/mol. The van der Waals surface area contributed by atoms with Crippen LogP contribution in [0.4, 0.5) is 0 Å². The maximum Gasteiger partial charge on any atom is 0.0605 e. The number of benzene rings is 1. The molecule has 1 heterocycles. The summed E-state index contributed by atoms with van der Waals surface area (Å²) in [4.78, 5) is 2.34. The zero-order chi connectivity index (χ0) is 10.1. The molecule has 0 amide bonds. The Kier molecular flexibility index (Phi) is 2.57. The average Bonchev–Trinajstić information content (AvgIpc) is 2.93. The average molecular weight is 191 g/mol. The maximum absolute atomic E-state index is 9.22. The van der Waals surface area contributed by atoms with E-state index in [4.69, 9.17) is 0 Å². The Morgan fingerprint density at radius 2 is 1.93 bits per heavy atom. The number of aliphatic hydroxyl groups is 1. The van der Waals surface area contributed by atoms with Crippen molar-refractivity contribution in [2.45, 2.75) is 32.0 Å². The Morgan fingerprint density at radius 1 is 1.29 bits per heavy atom. The van der Waals surface area contributed by atoms with E-state index in [0.29, 0.717) is 18.1 Å². The van der Waals surface area contributed by atoms with Crippen LogP contribution in [0.15, 0.2) is 30.3 Å². The van der Waals surface area contributed by atoms with Gasteiger partial charge in [-0.25, -0.2) is 0 Å². The molecule has 1 saturated heterocycles. The summed E-state index contributed by atoms with van der Waals surface area (Å²) in [6, 6.07) is 11.7. The summed E-state index contributed by atoms with van der Waals surface area (Å²) in [5.41, 5.74) is 1.32. The molecule has 2 heteroatoms. The van der Waals surface area contributed by atoms with Gasteiger partial charge >= 0.3 is 0 Å². The van der Waals surface area contributed by atoms with E-state index in [0.717, 1.165) is 0 Å². The number of rotatable bonds is 3. The zero-order valence-corrected chi connectivity index (χ0v) is 8.72. The summed E-state index contributed by atoms with van der Waals surface area (Å²) in [7, 11) is 0. The van der Waals surface area contributed by atoms with Crippen molar-refractivity contribution < 1.29 is 5.11 Å². The smallest absolute Gasteiger partial charge is 0.0605 e. The molecule has 1 aromatic rings. The lowest BCUT2D eigenvalue weighted by molar-refractivity contribution is 0.262. The van der Waals surface area contributed by atoms with Gasteiger partial charge in [-0.2, -0.15) is 0 Å². The summed E-state index contributed by atoms with van der Waals surface area (Å²) < 4.78 is 0. The minimum Gasteiger partial charge on any atom is -0.395 e. The lowest BCUT2D eigenvalue weighted by Crippen LogP contribution is -2.13. The first-order chi connectivity index (χ1) is 6.75. The van der Waals surface area contributed by atoms with Crippen LogP contribution in [0.5, 0.6) is 0 Å². The fraction of sp³-hybridized carbons (Fsp3) is 0.500. The summed E-state index contributed by atoms with van der Waals surface area (Å²) >= 11 is 0. The molecule has 1 aliphatic heterocycles. The molecule has 2 rings (SSSR count). The topological polar surface area (TPSA) is 23.2 Å². The number of hydrogen-bond acceptors (Lipinski definition) is 2. The molecule has 1 aromatic carbocycles. The van der Waals surface area contributed by atoms with Gasteiger partial charge in [0.15, 0.2) is 0 Å². The maximum atomic E-state index is 9.22. The molecule has 76 valence electrons. The van der Waals surface area contributed by atoms with Crippen molar-refractivity contribution in [2.75, 3.05) is 6.61 Å². The first-order valence-electron chi connectivity index (χ1n) is 5.19. The van der Waals surface area contributed by atoms with E-state index < -0.39 is 0 Å². The Hall–Kier alpha value is -0.860. The molecule has 3 atom stereocenters. The van der Waals surface area contributed by atoms with E-state index in [1.807, 2.05) is 6.07 Å². The van der Waals surface area contributed by atoms with Crippen molar-refractivity contribution in [1.82, 2.24) is 4.90 Å². The minimum atomic E-state index is 0.262. The number of hydrogen-bond donors (Lipinski definition) is 1. The van der Waals surface area contributed by atoms with Gasteiger partial charge in [0.1, 0.15) is 0 Å². The summed E-state index contributed by atoms with van der Waals surface area (Å²) in [6.07, 6.45) is 0. The van der Waals surface area contributed by atoms with Gasteiger partial charge in [0, 0.05) is 6.04 Å². The third kappa shape index (κ3) is 1.56. The van der Waals surface area contributed by atoms with Gasteiger partial charge in [-0.05, 0) is 19.4 Å². The summed E-state index contributed by atoms with van der Waals surface area (Å²) in [5, 5.41) is 9.22. The Labute approximate surface area is 85.2 Å². The van der Waals surface area contributed by atoms with Gasteiger partial charge < -0.3 is 5.11 Å². The standard InChI is InChI=1S/C12H17NO/c1-9(2)13-11(8-14)12(13)10-6-4-3-5-7-10/h3-7,9,11-12,14H,8H2,1-2H3/t11-,12-,13?/m1/s1. The predicted octanol–water partition coefficient (Wildman–Crippen LogP) is 1.81. The third-order valence-electron chi connectivity index (χ3n) is 2.90. The molecule has 1 unspecified atom stereocenters. The molecule has 0 saturated carbocycles. The van der Waals surface area contributed by atoms with Gasteiger partial charge in [0.05, 0.1) is 18.7 Å². The highest BCUT2D eigenvalue weighted by atomic mass is 16.3. The zero-order valence-electron chi connectivity index (χ0n) is 8.72. The van der Waals surface area contributed by atoms with Gasteiger partial charge in [-0.15, -0.1) is 0 Å². The molecule has 0 bridgehead atoms. The number of nitrogens with zero attached hydrogens (tertiary/aromatic N) is 1. The van der Waals surface area contributed by atoms with Crippen molar-refractivity contribution in [1.29, 1.82) is 0 Å². The molecular formula is C12H17NO. The van der Waals surface area contributed by atoms with Gasteiger partial charge in [-0.3, -0.25) is 4.90 Å². The van der Waals surface area contributed by atoms with E-state index in [1.54, 1.807) is 0 Å². The Bertz CT molecular complexity index is 296. The van der Waals surface area contributed by atoms with E-state index in [2.05, 4.69) is 43.0 Å². The van der Waals surface area contributed by atoms with Crippen LogP contribution in [0.25, 0.3) is 0 Å². The van der Waals surface area contributed by atoms with Crippen molar-refractivity contribution in [3.8, 4) is 0 Å². The first kappa shape index (κ1) is 9.69. The molecule has 1 fully saturated rings. The monoisotopic (exact) mass is 191 g/mol. The second kappa shape index (κ2) is 3.71. The largest absolute Gasteiger partial charge is 0.395 e. The summed E-state index contributed by atoms with van der Waals surface area (Å²) in [6.45, 7) is 4.61. The molecule has 14 heavy (non-hydrogen) atoms. The van der Waals surface area contributed by atoms with Crippen LogP contribution in [0, 0.1) is 0 Å². The molecule has 0 radical (unpaired) electrons. The van der Waals surface area contributed by atoms with Crippen LogP contribution in [-0.4, -0.2) is 28.7 Å². The minimum absolute atomic E-state index is 0.262. The van der Waals surface area contributed by atoms with Crippen LogP contribution in [-0.2, 0) is 0 Å². The van der Waals surface area contributed by atoms with Crippen molar-refractivity contribution in [3.63, 3.8) is 0 Å². The quantitative estimate of drug-likeness (QED) is 0.736. The molecule has 2 nitrogen and oxygen atoms in total. The van der Waals surface area contributed by atoms with Crippen molar-refractivity contribution in [3.05, 3.63) is 35.9 Å². The highest BCUT2D eigenvalue weighted by Gasteiger charge is 2.48. The van der Waals surface area contributed by atoms with Crippen LogP contribution >= 0.6 is 0 Å². The lowest BCUT2D eigenvalue weighted by Gasteiger charge is -2.07. The summed E-state index contributed by atoms with van der Waals surface area (Å²) in [5.74, 6) is 0. The molecule has 0 aromatic heterocycles. The van der Waals surface area contributed by atoms with Crippen LogP contribution in [0.2, 0.25) is 0 Å².